The van der Waals surface area contributed by atoms with Gasteiger partial charge < -0.3 is 9.73 Å². The molecular formula is C22H23N3O3. The second-order valence-electron chi connectivity index (χ2n) is 6.98. The van der Waals surface area contributed by atoms with E-state index in [9.17, 15) is 9.59 Å². The Labute approximate surface area is 162 Å². The summed E-state index contributed by atoms with van der Waals surface area (Å²) in [5.41, 5.74) is 2.26. The van der Waals surface area contributed by atoms with Gasteiger partial charge in [-0.15, -0.1) is 0 Å². The first-order valence-corrected chi connectivity index (χ1v) is 9.54. The Hall–Kier alpha value is -3.28. The monoisotopic (exact) mass is 377 g/mol. The first-order valence-electron chi connectivity index (χ1n) is 9.54. The van der Waals surface area contributed by atoms with E-state index >= 15 is 0 Å². The van der Waals surface area contributed by atoms with Crippen LogP contribution in [-0.4, -0.2) is 15.0 Å². The first-order chi connectivity index (χ1) is 13.6. The van der Waals surface area contributed by atoms with Crippen molar-refractivity contribution >= 4 is 27.9 Å². The Bertz CT molecular complexity index is 1170. The summed E-state index contributed by atoms with van der Waals surface area (Å²) in [6.07, 6.45) is 0.850. The van der Waals surface area contributed by atoms with Crippen LogP contribution in [0, 0.1) is 0 Å². The lowest BCUT2D eigenvalue weighted by Gasteiger charge is -2.11. The molecule has 0 spiro atoms. The Morgan fingerprint density at radius 1 is 1.07 bits per heavy atom. The molecule has 28 heavy (non-hydrogen) atoms. The van der Waals surface area contributed by atoms with E-state index in [1.807, 2.05) is 68.4 Å². The standard InChI is InChI=1S/C22H23N3O3/c1-3-12-24-17-9-5-6-10-18(17)25(22(24)27)14-21(26)23-15(2)20-13-16-8-4-7-11-19(16)28-20/h4-11,13,15H,3,12,14H2,1-2H3,(H,23,26). The second-order valence-corrected chi connectivity index (χ2v) is 6.98. The van der Waals surface area contributed by atoms with Crippen LogP contribution in [0.3, 0.4) is 0 Å². The third-order valence-corrected chi connectivity index (χ3v) is 4.92. The van der Waals surface area contributed by atoms with Gasteiger partial charge in [0.05, 0.1) is 17.1 Å². The highest BCUT2D eigenvalue weighted by Gasteiger charge is 2.18. The number of imidazole rings is 1. The number of carbonyl (C=O) groups excluding carboxylic acids is 1. The second kappa shape index (κ2) is 7.38. The van der Waals surface area contributed by atoms with Crippen molar-refractivity contribution in [1.29, 1.82) is 0 Å². The molecule has 2 aromatic carbocycles. The molecule has 2 aromatic heterocycles. The SMILES string of the molecule is CCCn1c(=O)n(CC(=O)NC(C)c2cc3ccccc3o2)c2ccccc21. The number of rotatable bonds is 6. The molecule has 0 saturated carbocycles. The molecule has 1 N–H and O–H groups in total. The van der Waals surface area contributed by atoms with Crippen LogP contribution in [-0.2, 0) is 17.9 Å². The summed E-state index contributed by atoms with van der Waals surface area (Å²) in [6, 6.07) is 16.9. The lowest BCUT2D eigenvalue weighted by atomic mass is 10.2. The molecule has 4 rings (SSSR count). The number of nitrogens with zero attached hydrogens (tertiary/aromatic N) is 2. The molecule has 6 nitrogen and oxygen atoms in total. The molecular weight excluding hydrogens is 354 g/mol. The number of aromatic nitrogens is 2. The summed E-state index contributed by atoms with van der Waals surface area (Å²) in [6.45, 7) is 4.50. The molecule has 0 aliphatic rings. The van der Waals surface area contributed by atoms with Gasteiger partial charge in [0.1, 0.15) is 17.9 Å². The van der Waals surface area contributed by atoms with Gasteiger partial charge in [0.15, 0.2) is 0 Å². The average molecular weight is 377 g/mol. The van der Waals surface area contributed by atoms with Crippen LogP contribution in [0.25, 0.3) is 22.0 Å². The number of benzene rings is 2. The van der Waals surface area contributed by atoms with E-state index in [1.54, 1.807) is 4.57 Å². The molecule has 6 heteroatoms. The normalized spacial score (nSPS) is 12.5. The summed E-state index contributed by atoms with van der Waals surface area (Å²) in [5, 5.41) is 3.93. The third kappa shape index (κ3) is 3.22. The van der Waals surface area contributed by atoms with E-state index in [-0.39, 0.29) is 24.2 Å². The highest BCUT2D eigenvalue weighted by atomic mass is 16.3. The number of aryl methyl sites for hydroxylation is 1. The van der Waals surface area contributed by atoms with Crippen molar-refractivity contribution in [2.75, 3.05) is 0 Å². The number of nitrogens with one attached hydrogen (secondary N) is 1. The highest BCUT2D eigenvalue weighted by molar-refractivity contribution is 5.81. The number of hydrogen-bond donors (Lipinski definition) is 1. The Kier molecular flexibility index (Phi) is 4.77. The molecule has 0 aliphatic heterocycles. The zero-order valence-electron chi connectivity index (χ0n) is 16.0. The van der Waals surface area contributed by atoms with Crippen molar-refractivity contribution in [3.63, 3.8) is 0 Å². The lowest BCUT2D eigenvalue weighted by molar-refractivity contribution is -0.122. The Morgan fingerprint density at radius 3 is 2.46 bits per heavy atom. The van der Waals surface area contributed by atoms with Crippen molar-refractivity contribution in [3.05, 3.63) is 70.8 Å². The molecule has 0 saturated heterocycles. The molecule has 0 radical (unpaired) electrons. The number of para-hydroxylation sites is 3. The highest BCUT2D eigenvalue weighted by Crippen LogP contribution is 2.23. The van der Waals surface area contributed by atoms with Crippen molar-refractivity contribution in [2.45, 2.75) is 39.4 Å². The minimum Gasteiger partial charge on any atom is -0.459 e. The molecule has 0 aliphatic carbocycles. The van der Waals surface area contributed by atoms with Crippen molar-refractivity contribution in [3.8, 4) is 0 Å². The molecule has 1 unspecified atom stereocenters. The summed E-state index contributed by atoms with van der Waals surface area (Å²) in [7, 11) is 0. The number of amides is 1. The average Bonchev–Trinajstić information content (AvgIpc) is 3.24. The summed E-state index contributed by atoms with van der Waals surface area (Å²) < 4.78 is 9.08. The minimum atomic E-state index is -0.292. The smallest absolute Gasteiger partial charge is 0.329 e. The van der Waals surface area contributed by atoms with Crippen LogP contribution in [0.4, 0.5) is 0 Å². The summed E-state index contributed by atoms with van der Waals surface area (Å²) in [5.74, 6) is 0.463. The molecule has 144 valence electrons. The van der Waals surface area contributed by atoms with Crippen molar-refractivity contribution in [1.82, 2.24) is 14.5 Å². The summed E-state index contributed by atoms with van der Waals surface area (Å²) in [4.78, 5) is 25.5. The molecule has 1 amide bonds. The van der Waals surface area contributed by atoms with Crippen molar-refractivity contribution < 1.29 is 9.21 Å². The summed E-state index contributed by atoms with van der Waals surface area (Å²) >= 11 is 0. The predicted octanol–water partition coefficient (Wildman–Crippen LogP) is 3.84. The molecule has 0 bridgehead atoms. The molecule has 2 heterocycles. The van der Waals surface area contributed by atoms with Crippen LogP contribution < -0.4 is 11.0 Å². The molecule has 4 aromatic rings. The van der Waals surface area contributed by atoms with Gasteiger partial charge in [0.2, 0.25) is 5.91 Å². The van der Waals surface area contributed by atoms with Gasteiger partial charge in [-0.1, -0.05) is 37.3 Å². The van der Waals surface area contributed by atoms with Crippen LogP contribution in [0.1, 0.15) is 32.1 Å². The maximum absolute atomic E-state index is 12.8. The largest absolute Gasteiger partial charge is 0.459 e. The molecule has 0 fully saturated rings. The van der Waals surface area contributed by atoms with E-state index in [1.165, 1.54) is 4.57 Å². The minimum absolute atomic E-state index is 0.0272. The maximum Gasteiger partial charge on any atom is 0.329 e. The van der Waals surface area contributed by atoms with Crippen LogP contribution in [0.15, 0.2) is 63.8 Å². The molecule has 1 atom stereocenters. The fourth-order valence-electron chi connectivity index (χ4n) is 3.58. The maximum atomic E-state index is 12.8. The zero-order valence-corrected chi connectivity index (χ0v) is 16.0. The fraction of sp³-hybridized carbons (Fsp3) is 0.273. The third-order valence-electron chi connectivity index (χ3n) is 4.92. The predicted molar refractivity (Wildman–Crippen MR) is 109 cm³/mol. The van der Waals surface area contributed by atoms with E-state index < -0.39 is 0 Å². The topological polar surface area (TPSA) is 69.2 Å². The van der Waals surface area contributed by atoms with Gasteiger partial charge in [-0.3, -0.25) is 13.9 Å². The van der Waals surface area contributed by atoms with Gasteiger partial charge in [-0.25, -0.2) is 4.79 Å². The lowest BCUT2D eigenvalue weighted by Crippen LogP contribution is -2.34. The van der Waals surface area contributed by atoms with Crippen LogP contribution in [0.5, 0.6) is 0 Å². The van der Waals surface area contributed by atoms with Gasteiger partial charge in [0, 0.05) is 11.9 Å². The Balaban J connectivity index is 1.57. The van der Waals surface area contributed by atoms with Gasteiger partial charge >= 0.3 is 5.69 Å². The van der Waals surface area contributed by atoms with Gasteiger partial charge in [0.25, 0.3) is 0 Å². The zero-order chi connectivity index (χ0) is 19.7. The van der Waals surface area contributed by atoms with Crippen LogP contribution in [0.2, 0.25) is 0 Å². The van der Waals surface area contributed by atoms with Gasteiger partial charge in [-0.05, 0) is 37.6 Å². The van der Waals surface area contributed by atoms with E-state index in [0.717, 1.165) is 28.4 Å². The van der Waals surface area contributed by atoms with Crippen LogP contribution >= 0.6 is 0 Å². The number of carbonyl (C=O) groups is 1. The first kappa shape index (κ1) is 18.1. The van der Waals surface area contributed by atoms with E-state index in [2.05, 4.69) is 5.32 Å². The number of furan rings is 1. The fourth-order valence-corrected chi connectivity index (χ4v) is 3.58. The van der Waals surface area contributed by atoms with E-state index in [0.29, 0.717) is 12.3 Å². The quantitative estimate of drug-likeness (QED) is 0.555. The van der Waals surface area contributed by atoms with E-state index in [4.69, 9.17) is 4.42 Å². The Morgan fingerprint density at radius 2 is 1.75 bits per heavy atom. The van der Waals surface area contributed by atoms with Crippen molar-refractivity contribution in [2.24, 2.45) is 0 Å². The number of hydrogen-bond acceptors (Lipinski definition) is 3. The number of fused-ring (bicyclic) bond motifs is 2. The van der Waals surface area contributed by atoms with Gasteiger partial charge in [-0.2, -0.15) is 0 Å².